The molecular formula is C11H18N4. The first-order valence-electron chi connectivity index (χ1n) is 5.56. The predicted octanol–water partition coefficient (Wildman–Crippen LogP) is 0.627. The maximum atomic E-state index is 4.32. The van der Waals surface area contributed by atoms with Gasteiger partial charge in [-0.3, -0.25) is 9.97 Å². The lowest BCUT2D eigenvalue weighted by Gasteiger charge is -2.23. The van der Waals surface area contributed by atoms with E-state index in [0.717, 1.165) is 31.0 Å². The van der Waals surface area contributed by atoms with Crippen molar-refractivity contribution < 1.29 is 0 Å². The molecule has 0 unspecified atom stereocenters. The van der Waals surface area contributed by atoms with Crippen LogP contribution in [0.15, 0.2) is 12.4 Å². The van der Waals surface area contributed by atoms with Gasteiger partial charge >= 0.3 is 0 Å². The van der Waals surface area contributed by atoms with Crippen LogP contribution in [0.25, 0.3) is 0 Å². The van der Waals surface area contributed by atoms with E-state index in [9.17, 15) is 0 Å². The Morgan fingerprint density at radius 1 is 1.33 bits per heavy atom. The van der Waals surface area contributed by atoms with Gasteiger partial charge in [0.05, 0.1) is 11.4 Å². The Hall–Kier alpha value is -1.00. The minimum absolute atomic E-state index is 0.634. The molecule has 15 heavy (non-hydrogen) atoms. The number of rotatable bonds is 3. The fourth-order valence-electron chi connectivity index (χ4n) is 1.79. The summed E-state index contributed by atoms with van der Waals surface area (Å²) in [5.41, 5.74) is 2.00. The molecule has 0 radical (unpaired) electrons. The number of nitrogens with one attached hydrogen (secondary N) is 2. The maximum Gasteiger partial charge on any atom is 0.0724 e. The third kappa shape index (κ3) is 3.25. The summed E-state index contributed by atoms with van der Waals surface area (Å²) in [7, 11) is 0. The molecule has 1 aliphatic rings. The number of hydrogen-bond donors (Lipinski definition) is 2. The molecule has 1 aromatic heterocycles. The van der Waals surface area contributed by atoms with E-state index in [1.807, 2.05) is 19.3 Å². The van der Waals surface area contributed by atoms with Crippen molar-refractivity contribution in [2.24, 2.45) is 0 Å². The zero-order chi connectivity index (χ0) is 10.5. The summed E-state index contributed by atoms with van der Waals surface area (Å²) >= 11 is 0. The molecule has 0 saturated carbocycles. The molecule has 0 amide bonds. The normalized spacial score (nSPS) is 17.9. The molecule has 1 aromatic rings. The molecule has 0 spiro atoms. The molecule has 4 nitrogen and oxygen atoms in total. The average Bonchev–Trinajstić information content (AvgIpc) is 2.30. The molecule has 2 N–H and O–H groups in total. The first kappa shape index (κ1) is 10.5. The van der Waals surface area contributed by atoms with Gasteiger partial charge in [-0.2, -0.15) is 0 Å². The smallest absolute Gasteiger partial charge is 0.0724 e. The van der Waals surface area contributed by atoms with E-state index in [-0.39, 0.29) is 0 Å². The standard InChI is InChI=1S/C11H18N4/c1-9-6-14-11(7-13-9)8-15-10-2-4-12-5-3-10/h6-7,10,12,15H,2-5,8H2,1H3. The fraction of sp³-hybridized carbons (Fsp3) is 0.636. The van der Waals surface area contributed by atoms with Gasteiger partial charge in [-0.05, 0) is 32.9 Å². The van der Waals surface area contributed by atoms with E-state index >= 15 is 0 Å². The van der Waals surface area contributed by atoms with Crippen LogP contribution < -0.4 is 10.6 Å². The van der Waals surface area contributed by atoms with Gasteiger partial charge in [0, 0.05) is 25.0 Å². The van der Waals surface area contributed by atoms with Crippen LogP contribution in [0.5, 0.6) is 0 Å². The minimum atomic E-state index is 0.634. The maximum absolute atomic E-state index is 4.32. The van der Waals surface area contributed by atoms with Gasteiger partial charge in [0.15, 0.2) is 0 Å². The molecule has 82 valence electrons. The first-order chi connectivity index (χ1) is 7.34. The number of aryl methyl sites for hydroxylation is 1. The lowest BCUT2D eigenvalue weighted by atomic mass is 10.1. The van der Waals surface area contributed by atoms with E-state index in [4.69, 9.17) is 0 Å². The van der Waals surface area contributed by atoms with Crippen LogP contribution >= 0.6 is 0 Å². The highest BCUT2D eigenvalue weighted by atomic mass is 15.0. The van der Waals surface area contributed by atoms with Crippen LogP contribution in [0, 0.1) is 6.92 Å². The highest BCUT2D eigenvalue weighted by Crippen LogP contribution is 2.03. The van der Waals surface area contributed by atoms with Crippen molar-refractivity contribution in [1.29, 1.82) is 0 Å². The van der Waals surface area contributed by atoms with Crippen molar-refractivity contribution in [2.75, 3.05) is 13.1 Å². The Morgan fingerprint density at radius 2 is 2.13 bits per heavy atom. The lowest BCUT2D eigenvalue weighted by molar-refractivity contribution is 0.384. The lowest BCUT2D eigenvalue weighted by Crippen LogP contribution is -2.39. The number of hydrogen-bond acceptors (Lipinski definition) is 4. The third-order valence-corrected chi connectivity index (χ3v) is 2.75. The van der Waals surface area contributed by atoms with Crippen molar-refractivity contribution in [3.63, 3.8) is 0 Å². The zero-order valence-corrected chi connectivity index (χ0v) is 9.16. The van der Waals surface area contributed by atoms with E-state index in [1.165, 1.54) is 12.8 Å². The van der Waals surface area contributed by atoms with Crippen molar-refractivity contribution in [3.05, 3.63) is 23.8 Å². The summed E-state index contributed by atoms with van der Waals surface area (Å²) in [5.74, 6) is 0. The van der Waals surface area contributed by atoms with Crippen LogP contribution in [-0.2, 0) is 6.54 Å². The quantitative estimate of drug-likeness (QED) is 0.761. The van der Waals surface area contributed by atoms with E-state index < -0.39 is 0 Å². The van der Waals surface area contributed by atoms with Crippen molar-refractivity contribution in [2.45, 2.75) is 32.4 Å². The van der Waals surface area contributed by atoms with Crippen molar-refractivity contribution in [1.82, 2.24) is 20.6 Å². The van der Waals surface area contributed by atoms with Crippen molar-refractivity contribution in [3.8, 4) is 0 Å². The van der Waals surface area contributed by atoms with Gasteiger partial charge in [-0.1, -0.05) is 0 Å². The van der Waals surface area contributed by atoms with Gasteiger partial charge < -0.3 is 10.6 Å². The van der Waals surface area contributed by atoms with Gasteiger partial charge in [0.2, 0.25) is 0 Å². The van der Waals surface area contributed by atoms with E-state index in [2.05, 4.69) is 20.6 Å². The van der Waals surface area contributed by atoms with Crippen molar-refractivity contribution >= 4 is 0 Å². The van der Waals surface area contributed by atoms with Gasteiger partial charge in [0.25, 0.3) is 0 Å². The summed E-state index contributed by atoms with van der Waals surface area (Å²) < 4.78 is 0. The number of nitrogens with zero attached hydrogens (tertiary/aromatic N) is 2. The van der Waals surface area contributed by atoms with Crippen LogP contribution in [0.2, 0.25) is 0 Å². The van der Waals surface area contributed by atoms with Gasteiger partial charge in [0.1, 0.15) is 0 Å². The van der Waals surface area contributed by atoms with E-state index in [1.54, 1.807) is 0 Å². The van der Waals surface area contributed by atoms with Crippen LogP contribution in [0.1, 0.15) is 24.2 Å². The Kier molecular flexibility index (Phi) is 3.64. The molecule has 1 fully saturated rings. The highest BCUT2D eigenvalue weighted by Gasteiger charge is 2.11. The first-order valence-corrected chi connectivity index (χ1v) is 5.56. The summed E-state index contributed by atoms with van der Waals surface area (Å²) in [5, 5.41) is 6.87. The average molecular weight is 206 g/mol. The molecular weight excluding hydrogens is 188 g/mol. The van der Waals surface area contributed by atoms with Crippen LogP contribution in [0.4, 0.5) is 0 Å². The molecule has 1 saturated heterocycles. The molecule has 0 bridgehead atoms. The summed E-state index contributed by atoms with van der Waals surface area (Å²) in [6.07, 6.45) is 6.08. The minimum Gasteiger partial charge on any atom is -0.317 e. The molecule has 2 rings (SSSR count). The molecule has 0 aromatic carbocycles. The fourth-order valence-corrected chi connectivity index (χ4v) is 1.79. The summed E-state index contributed by atoms with van der Waals surface area (Å²) in [4.78, 5) is 8.55. The largest absolute Gasteiger partial charge is 0.317 e. The van der Waals surface area contributed by atoms with E-state index in [0.29, 0.717) is 6.04 Å². The van der Waals surface area contributed by atoms with Gasteiger partial charge in [-0.15, -0.1) is 0 Å². The monoisotopic (exact) mass is 206 g/mol. The second-order valence-electron chi connectivity index (χ2n) is 4.05. The Labute approximate surface area is 90.5 Å². The third-order valence-electron chi connectivity index (χ3n) is 2.75. The SMILES string of the molecule is Cc1cnc(CNC2CCNCC2)cn1. The molecule has 0 atom stereocenters. The molecule has 1 aliphatic heterocycles. The summed E-state index contributed by atoms with van der Waals surface area (Å²) in [6, 6.07) is 0.634. The topological polar surface area (TPSA) is 49.8 Å². The Bertz CT molecular complexity index is 290. The Balaban J connectivity index is 1.79. The van der Waals surface area contributed by atoms with Crippen LogP contribution in [-0.4, -0.2) is 29.1 Å². The highest BCUT2D eigenvalue weighted by molar-refractivity contribution is 5.00. The second-order valence-corrected chi connectivity index (χ2v) is 4.05. The second kappa shape index (κ2) is 5.19. The summed E-state index contributed by atoms with van der Waals surface area (Å²) in [6.45, 7) is 5.03. The molecule has 4 heteroatoms. The Morgan fingerprint density at radius 3 is 2.80 bits per heavy atom. The zero-order valence-electron chi connectivity index (χ0n) is 9.16. The molecule has 2 heterocycles. The predicted molar refractivity (Wildman–Crippen MR) is 59.5 cm³/mol. The molecule has 0 aliphatic carbocycles. The number of aromatic nitrogens is 2. The number of piperidine rings is 1. The van der Waals surface area contributed by atoms with Crippen LogP contribution in [0.3, 0.4) is 0 Å². The van der Waals surface area contributed by atoms with Gasteiger partial charge in [-0.25, -0.2) is 0 Å².